The van der Waals surface area contributed by atoms with E-state index < -0.39 is 11.2 Å². The smallest absolute Gasteiger partial charge is 0.333 e. The van der Waals surface area contributed by atoms with E-state index in [1.807, 2.05) is 55.7 Å². The van der Waals surface area contributed by atoms with Crippen molar-refractivity contribution in [2.24, 2.45) is 5.92 Å². The van der Waals surface area contributed by atoms with E-state index in [9.17, 15) is 9.59 Å². The van der Waals surface area contributed by atoms with Crippen LogP contribution in [-0.4, -0.2) is 28.8 Å². The first-order chi connectivity index (χ1) is 15.1. The van der Waals surface area contributed by atoms with Gasteiger partial charge in [-0.05, 0) is 11.5 Å². The fourth-order valence-electron chi connectivity index (χ4n) is 3.58. The summed E-state index contributed by atoms with van der Waals surface area (Å²) in [5.41, 5.74) is 0.522. The van der Waals surface area contributed by atoms with Gasteiger partial charge in [-0.25, -0.2) is 9.78 Å². The zero-order valence-electron chi connectivity index (χ0n) is 19.1. The molecule has 0 saturated carbocycles. The molecule has 3 heterocycles. The summed E-state index contributed by atoms with van der Waals surface area (Å²) in [6, 6.07) is 9.63. The van der Waals surface area contributed by atoms with Crippen molar-refractivity contribution in [1.29, 1.82) is 0 Å². The maximum atomic E-state index is 13.4. The van der Waals surface area contributed by atoms with E-state index in [4.69, 9.17) is 4.52 Å². The van der Waals surface area contributed by atoms with Crippen molar-refractivity contribution < 1.29 is 4.52 Å². The van der Waals surface area contributed by atoms with E-state index in [2.05, 4.69) is 29.0 Å². The van der Waals surface area contributed by atoms with Gasteiger partial charge in [0, 0.05) is 12.0 Å². The van der Waals surface area contributed by atoms with Gasteiger partial charge in [0.15, 0.2) is 17.0 Å². The van der Waals surface area contributed by atoms with E-state index in [0.717, 1.165) is 5.56 Å². The summed E-state index contributed by atoms with van der Waals surface area (Å²) in [5, 5.41) is 4.00. The van der Waals surface area contributed by atoms with Crippen molar-refractivity contribution in [2.45, 2.75) is 59.7 Å². The van der Waals surface area contributed by atoms with E-state index in [1.54, 1.807) is 6.33 Å². The zero-order valence-corrected chi connectivity index (χ0v) is 19.1. The molecule has 4 rings (SSSR count). The number of fused-ring (bicyclic) bond motifs is 1. The lowest BCUT2D eigenvalue weighted by atomic mass is 9.97. The molecule has 3 aromatic heterocycles. The number of benzene rings is 1. The summed E-state index contributed by atoms with van der Waals surface area (Å²) in [7, 11) is 0. The average Bonchev–Trinajstić information content (AvgIpc) is 3.36. The molecule has 0 aliphatic rings. The minimum absolute atomic E-state index is 0.0746. The highest BCUT2D eigenvalue weighted by Gasteiger charge is 2.24. The Labute approximate surface area is 185 Å². The standard InChI is InChI=1S/C23H28N6O3/c1-15(2)11-27-14-24-19-18(27)20(30)29(13-17-25-21(32-26-17)23(3,4)5)22(31)28(19)12-16-9-7-6-8-10-16/h6-10,14-15H,11-13H2,1-5H3. The lowest BCUT2D eigenvalue weighted by Crippen LogP contribution is -2.41. The van der Waals surface area contributed by atoms with Crippen molar-refractivity contribution in [3.8, 4) is 0 Å². The molecule has 0 spiro atoms. The van der Waals surface area contributed by atoms with Crippen LogP contribution in [0.2, 0.25) is 0 Å². The topological polar surface area (TPSA) is 101 Å². The third kappa shape index (κ3) is 4.15. The molecule has 0 saturated heterocycles. The molecule has 0 amide bonds. The summed E-state index contributed by atoms with van der Waals surface area (Å²) in [6.07, 6.45) is 1.63. The Morgan fingerprint density at radius 1 is 1.03 bits per heavy atom. The van der Waals surface area contributed by atoms with Gasteiger partial charge in [-0.3, -0.25) is 13.9 Å². The van der Waals surface area contributed by atoms with Gasteiger partial charge < -0.3 is 9.09 Å². The Bertz CT molecular complexity index is 1350. The van der Waals surface area contributed by atoms with Gasteiger partial charge in [0.25, 0.3) is 5.56 Å². The van der Waals surface area contributed by atoms with Crippen molar-refractivity contribution >= 4 is 11.2 Å². The number of rotatable bonds is 6. The van der Waals surface area contributed by atoms with Gasteiger partial charge in [-0.2, -0.15) is 4.98 Å². The Kier molecular flexibility index (Phi) is 5.58. The van der Waals surface area contributed by atoms with Crippen LogP contribution in [0.15, 0.2) is 50.8 Å². The van der Waals surface area contributed by atoms with E-state index in [1.165, 1.54) is 9.13 Å². The minimum Gasteiger partial charge on any atom is -0.339 e. The molecule has 0 radical (unpaired) electrons. The molecule has 0 aliphatic carbocycles. The molecular formula is C23H28N6O3. The summed E-state index contributed by atoms with van der Waals surface area (Å²) in [5.74, 6) is 1.05. The zero-order chi connectivity index (χ0) is 23.0. The van der Waals surface area contributed by atoms with Gasteiger partial charge in [-0.1, -0.05) is 70.1 Å². The van der Waals surface area contributed by atoms with Crippen molar-refractivity contribution in [2.75, 3.05) is 0 Å². The largest absolute Gasteiger partial charge is 0.339 e. The van der Waals surface area contributed by atoms with Crippen LogP contribution in [0.1, 0.15) is 51.9 Å². The lowest BCUT2D eigenvalue weighted by Gasteiger charge is -2.13. The fraction of sp³-hybridized carbons (Fsp3) is 0.435. The van der Waals surface area contributed by atoms with Crippen LogP contribution in [0.4, 0.5) is 0 Å². The molecule has 0 atom stereocenters. The molecular weight excluding hydrogens is 408 g/mol. The summed E-state index contributed by atoms with van der Waals surface area (Å²) >= 11 is 0. The minimum atomic E-state index is -0.455. The summed E-state index contributed by atoms with van der Waals surface area (Å²) in [4.78, 5) is 35.7. The highest BCUT2D eigenvalue weighted by Crippen LogP contribution is 2.19. The normalized spacial score (nSPS) is 12.2. The second-order valence-corrected chi connectivity index (χ2v) is 9.47. The molecule has 0 N–H and O–H groups in total. The van der Waals surface area contributed by atoms with Crippen LogP contribution in [-0.2, 0) is 25.0 Å². The molecule has 168 valence electrons. The first-order valence-electron chi connectivity index (χ1n) is 10.7. The molecule has 0 unspecified atom stereocenters. The van der Waals surface area contributed by atoms with Crippen molar-refractivity contribution in [3.05, 3.63) is 74.8 Å². The predicted molar refractivity (Wildman–Crippen MR) is 121 cm³/mol. The monoisotopic (exact) mass is 436 g/mol. The molecule has 4 aromatic rings. The van der Waals surface area contributed by atoms with Crippen molar-refractivity contribution in [1.82, 2.24) is 28.8 Å². The van der Waals surface area contributed by atoms with E-state index in [-0.39, 0.29) is 17.8 Å². The second-order valence-electron chi connectivity index (χ2n) is 9.47. The Balaban J connectivity index is 1.88. The van der Waals surface area contributed by atoms with Gasteiger partial charge in [-0.15, -0.1) is 0 Å². The van der Waals surface area contributed by atoms with Crippen LogP contribution in [0.5, 0.6) is 0 Å². The molecule has 9 heteroatoms. The van der Waals surface area contributed by atoms with Gasteiger partial charge in [0.1, 0.15) is 0 Å². The predicted octanol–water partition coefficient (Wildman–Crippen LogP) is 2.79. The molecule has 9 nitrogen and oxygen atoms in total. The molecule has 1 aromatic carbocycles. The number of imidazole rings is 1. The quantitative estimate of drug-likeness (QED) is 0.461. The number of aromatic nitrogens is 6. The van der Waals surface area contributed by atoms with Gasteiger partial charge in [0.05, 0.1) is 19.4 Å². The third-order valence-corrected chi connectivity index (χ3v) is 5.14. The first-order valence-corrected chi connectivity index (χ1v) is 10.7. The molecule has 0 aliphatic heterocycles. The maximum Gasteiger partial charge on any atom is 0.333 e. The highest BCUT2D eigenvalue weighted by molar-refractivity contribution is 5.70. The summed E-state index contributed by atoms with van der Waals surface area (Å²) in [6.45, 7) is 10.9. The van der Waals surface area contributed by atoms with Crippen molar-refractivity contribution in [3.63, 3.8) is 0 Å². The SMILES string of the molecule is CC(C)Cn1cnc2c1c(=O)n(Cc1noc(C(C)(C)C)n1)c(=O)n2Cc1ccccc1. The van der Waals surface area contributed by atoms with Crippen LogP contribution in [0.3, 0.4) is 0 Å². The Hall–Kier alpha value is -3.49. The number of hydrogen-bond donors (Lipinski definition) is 0. The highest BCUT2D eigenvalue weighted by atomic mass is 16.5. The third-order valence-electron chi connectivity index (χ3n) is 5.14. The average molecular weight is 437 g/mol. The van der Waals surface area contributed by atoms with Gasteiger partial charge in [0.2, 0.25) is 5.89 Å². The second kappa shape index (κ2) is 8.22. The van der Waals surface area contributed by atoms with Crippen LogP contribution in [0, 0.1) is 5.92 Å². The molecule has 0 fully saturated rings. The maximum absolute atomic E-state index is 13.4. The first kappa shape index (κ1) is 21.7. The van der Waals surface area contributed by atoms with E-state index in [0.29, 0.717) is 36.1 Å². The number of hydrogen-bond acceptors (Lipinski definition) is 6. The van der Waals surface area contributed by atoms with Crippen LogP contribution < -0.4 is 11.2 Å². The number of nitrogens with zero attached hydrogens (tertiary/aromatic N) is 6. The molecule has 0 bridgehead atoms. The summed E-state index contributed by atoms with van der Waals surface area (Å²) < 4.78 is 9.87. The Morgan fingerprint density at radius 2 is 1.75 bits per heavy atom. The van der Waals surface area contributed by atoms with Crippen LogP contribution in [0.25, 0.3) is 11.2 Å². The van der Waals surface area contributed by atoms with E-state index >= 15 is 0 Å². The lowest BCUT2D eigenvalue weighted by molar-refractivity contribution is 0.317. The van der Waals surface area contributed by atoms with Crippen LogP contribution >= 0.6 is 0 Å². The molecule has 32 heavy (non-hydrogen) atoms. The fourth-order valence-corrected chi connectivity index (χ4v) is 3.58. The Morgan fingerprint density at radius 3 is 2.38 bits per heavy atom. The van der Waals surface area contributed by atoms with Gasteiger partial charge >= 0.3 is 5.69 Å².